The molecule has 1 aliphatic carbocycles. The number of nitrogens with zero attached hydrogens (tertiary/aromatic N) is 3. The Kier molecular flexibility index (Phi) is 4.76. The smallest absolute Gasteiger partial charge is 0.223 e. The lowest BCUT2D eigenvalue weighted by Crippen LogP contribution is -2.00. The van der Waals surface area contributed by atoms with Gasteiger partial charge in [0.1, 0.15) is 11.4 Å². The number of phenolic OH excluding ortho intramolecular Hbond substituents is 1. The van der Waals surface area contributed by atoms with Crippen molar-refractivity contribution in [1.29, 1.82) is 0 Å². The second kappa shape index (κ2) is 7.88. The summed E-state index contributed by atoms with van der Waals surface area (Å²) in [5.74, 6) is 0.485. The number of imidazole rings is 1. The Morgan fingerprint density at radius 3 is 2.31 bits per heavy atom. The van der Waals surface area contributed by atoms with Gasteiger partial charge in [0.2, 0.25) is 5.88 Å². The number of para-hydroxylation sites is 1. The van der Waals surface area contributed by atoms with Crippen molar-refractivity contribution in [2.24, 2.45) is 0 Å². The third-order valence-corrected chi connectivity index (χ3v) is 4.99. The maximum atomic E-state index is 11.4. The first-order valence-corrected chi connectivity index (χ1v) is 9.92. The van der Waals surface area contributed by atoms with Gasteiger partial charge in [0.25, 0.3) is 0 Å². The molecule has 0 amide bonds. The Morgan fingerprint density at radius 2 is 1.59 bits per heavy atom. The first kappa shape index (κ1) is 19.3. The first-order valence-electron chi connectivity index (χ1n) is 9.92. The van der Waals surface area contributed by atoms with Crippen molar-refractivity contribution in [2.45, 2.75) is 0 Å². The predicted octanol–water partition coefficient (Wildman–Crippen LogP) is 4.63. The number of benzene rings is 2. The van der Waals surface area contributed by atoms with Gasteiger partial charge in [-0.2, -0.15) is 0 Å². The molecular weight excluding hydrogens is 404 g/mol. The largest absolute Gasteiger partial charge is 0.508 e. The Hall–Kier alpha value is -4.65. The van der Waals surface area contributed by atoms with Gasteiger partial charge in [-0.25, -0.2) is 9.97 Å². The molecule has 0 fully saturated rings. The average molecular weight is 422 g/mol. The third kappa shape index (κ3) is 3.75. The Morgan fingerprint density at radius 1 is 0.875 bits per heavy atom. The van der Waals surface area contributed by atoms with Crippen LogP contribution in [0.4, 0.5) is 11.5 Å². The molecule has 0 saturated heterocycles. The highest BCUT2D eigenvalue weighted by Gasteiger charge is 2.17. The lowest BCUT2D eigenvalue weighted by molar-refractivity contribution is -0.110. The highest BCUT2D eigenvalue weighted by Crippen LogP contribution is 2.31. The number of hydrogen-bond acceptors (Lipinski definition) is 6. The number of hydrogen-bond donors (Lipinski definition) is 3. The van der Waals surface area contributed by atoms with Crippen molar-refractivity contribution in [3.05, 3.63) is 96.4 Å². The molecule has 0 unspecified atom stereocenters. The molecule has 2 aromatic carbocycles. The van der Waals surface area contributed by atoms with Gasteiger partial charge in [0.15, 0.2) is 17.2 Å². The fourth-order valence-corrected chi connectivity index (χ4v) is 3.38. The van der Waals surface area contributed by atoms with Crippen molar-refractivity contribution in [1.82, 2.24) is 14.4 Å². The molecule has 156 valence electrons. The van der Waals surface area contributed by atoms with E-state index in [1.54, 1.807) is 53.1 Å². The van der Waals surface area contributed by atoms with Gasteiger partial charge in [0, 0.05) is 17.4 Å². The molecule has 0 radical (unpaired) electrons. The van der Waals surface area contributed by atoms with Crippen LogP contribution in [-0.4, -0.2) is 30.4 Å². The topological polar surface area (TPSA) is 99.8 Å². The van der Waals surface area contributed by atoms with Crippen molar-refractivity contribution in [2.75, 3.05) is 5.32 Å². The van der Waals surface area contributed by atoms with Crippen LogP contribution < -0.4 is 5.32 Å². The number of phenols is 1. The lowest BCUT2D eigenvalue weighted by atomic mass is 10.1. The summed E-state index contributed by atoms with van der Waals surface area (Å²) in [6.45, 7) is 0. The van der Waals surface area contributed by atoms with Gasteiger partial charge in [-0.1, -0.05) is 30.4 Å². The van der Waals surface area contributed by atoms with Gasteiger partial charge >= 0.3 is 0 Å². The molecule has 32 heavy (non-hydrogen) atoms. The van der Waals surface area contributed by atoms with E-state index in [2.05, 4.69) is 10.3 Å². The van der Waals surface area contributed by atoms with E-state index in [1.165, 1.54) is 12.2 Å². The van der Waals surface area contributed by atoms with E-state index < -0.39 is 0 Å². The van der Waals surface area contributed by atoms with Crippen molar-refractivity contribution >= 4 is 29.0 Å². The monoisotopic (exact) mass is 422 g/mol. The standard InChI is InChI=1S/C25H18N4O3/c30-19-10-6-16(7-11-19)14-21-25(32)29-15-22(17-8-12-20(31)13-9-17)27-23(24(29)28-21)26-18-4-2-1-3-5-18/h1-15,31-32H,(H,26,27). The minimum atomic E-state index is -0.0848. The molecule has 0 saturated carbocycles. The zero-order chi connectivity index (χ0) is 22.1. The molecule has 2 aromatic heterocycles. The molecule has 0 aliphatic heterocycles. The number of nitrogens with one attached hydrogen (secondary N) is 1. The molecule has 5 rings (SSSR count). The van der Waals surface area contributed by atoms with Crippen LogP contribution in [0.15, 0.2) is 90.7 Å². The van der Waals surface area contributed by atoms with E-state index in [9.17, 15) is 15.0 Å². The van der Waals surface area contributed by atoms with Gasteiger partial charge in [-0.3, -0.25) is 9.20 Å². The SMILES string of the molecule is O=C1C=CC(=Cc2nc3c(Nc4ccccc4)nc(-c4ccc(O)cc4)cn3c2O)C=C1. The second-order valence-electron chi connectivity index (χ2n) is 7.24. The zero-order valence-corrected chi connectivity index (χ0v) is 16.8. The fourth-order valence-electron chi connectivity index (χ4n) is 3.38. The number of rotatable bonds is 4. The molecule has 7 heteroatoms. The summed E-state index contributed by atoms with van der Waals surface area (Å²) in [7, 11) is 0. The van der Waals surface area contributed by atoms with Gasteiger partial charge in [-0.15, -0.1) is 0 Å². The quantitative estimate of drug-likeness (QED) is 0.443. The number of aromatic nitrogens is 3. The van der Waals surface area contributed by atoms with Crippen LogP contribution in [0.5, 0.6) is 11.6 Å². The van der Waals surface area contributed by atoms with Crippen molar-refractivity contribution in [3.8, 4) is 22.9 Å². The summed E-state index contributed by atoms with van der Waals surface area (Å²) < 4.78 is 1.56. The van der Waals surface area contributed by atoms with Gasteiger partial charge in [0.05, 0.1) is 5.69 Å². The summed E-state index contributed by atoms with van der Waals surface area (Å²) in [5, 5.41) is 23.8. The number of carbonyl (C=O) groups is 1. The molecular formula is C25H18N4O3. The van der Waals surface area contributed by atoms with Crippen molar-refractivity contribution < 1.29 is 15.0 Å². The molecule has 7 nitrogen and oxygen atoms in total. The van der Waals surface area contributed by atoms with Crippen LogP contribution in [0.2, 0.25) is 0 Å². The number of aromatic hydroxyl groups is 2. The highest BCUT2D eigenvalue weighted by molar-refractivity contribution is 6.01. The number of ketones is 1. The number of carbonyl (C=O) groups excluding carboxylic acids is 1. The minimum absolute atomic E-state index is 0.0512. The molecule has 0 spiro atoms. The van der Waals surface area contributed by atoms with Gasteiger partial charge in [-0.05, 0) is 60.2 Å². The Balaban J connectivity index is 1.67. The van der Waals surface area contributed by atoms with E-state index in [4.69, 9.17) is 4.98 Å². The minimum Gasteiger partial charge on any atom is -0.508 e. The van der Waals surface area contributed by atoms with Crippen LogP contribution in [0.3, 0.4) is 0 Å². The number of fused-ring (bicyclic) bond motifs is 1. The van der Waals surface area contributed by atoms with Crippen LogP contribution in [0, 0.1) is 0 Å². The van der Waals surface area contributed by atoms with Crippen LogP contribution in [0.1, 0.15) is 5.69 Å². The van der Waals surface area contributed by atoms with E-state index in [0.29, 0.717) is 22.9 Å². The zero-order valence-electron chi connectivity index (χ0n) is 16.8. The van der Waals surface area contributed by atoms with Crippen LogP contribution in [0.25, 0.3) is 23.0 Å². The summed E-state index contributed by atoms with van der Waals surface area (Å²) >= 11 is 0. The van der Waals surface area contributed by atoms with E-state index in [-0.39, 0.29) is 17.4 Å². The van der Waals surface area contributed by atoms with Crippen LogP contribution >= 0.6 is 0 Å². The first-order chi connectivity index (χ1) is 15.6. The molecule has 1 aliphatic rings. The molecule has 4 aromatic rings. The Labute approximate surface area is 183 Å². The predicted molar refractivity (Wildman–Crippen MR) is 123 cm³/mol. The van der Waals surface area contributed by atoms with Crippen molar-refractivity contribution in [3.63, 3.8) is 0 Å². The number of allylic oxidation sites excluding steroid dienone is 5. The highest BCUT2D eigenvalue weighted by atomic mass is 16.3. The van der Waals surface area contributed by atoms with Crippen LogP contribution in [-0.2, 0) is 4.79 Å². The van der Waals surface area contributed by atoms with E-state index in [1.807, 2.05) is 30.3 Å². The maximum Gasteiger partial charge on any atom is 0.223 e. The maximum absolute atomic E-state index is 11.4. The molecule has 0 bridgehead atoms. The second-order valence-corrected chi connectivity index (χ2v) is 7.24. The summed E-state index contributed by atoms with van der Waals surface area (Å²) in [5.41, 5.74) is 3.72. The van der Waals surface area contributed by atoms with Gasteiger partial charge < -0.3 is 15.5 Å². The average Bonchev–Trinajstić information content (AvgIpc) is 3.12. The van der Waals surface area contributed by atoms with E-state index >= 15 is 0 Å². The van der Waals surface area contributed by atoms with E-state index in [0.717, 1.165) is 16.8 Å². The Bertz CT molecular complexity index is 1400. The lowest BCUT2D eigenvalue weighted by Gasteiger charge is -2.10. The normalized spacial score (nSPS) is 13.0. The summed E-state index contributed by atoms with van der Waals surface area (Å²) in [6, 6.07) is 16.2. The molecule has 0 atom stereocenters. The third-order valence-electron chi connectivity index (χ3n) is 4.99. The fraction of sp³-hybridized carbons (Fsp3) is 0. The summed E-state index contributed by atoms with van der Waals surface area (Å²) in [4.78, 5) is 20.7. The molecule has 2 heterocycles. The number of anilines is 2. The summed E-state index contributed by atoms with van der Waals surface area (Å²) in [6.07, 6.45) is 9.67. The molecule has 3 N–H and O–H groups in total.